The van der Waals surface area contributed by atoms with E-state index in [9.17, 15) is 31.9 Å². The molecule has 1 aliphatic rings. The van der Waals surface area contributed by atoms with E-state index < -0.39 is 68.9 Å². The van der Waals surface area contributed by atoms with Crippen LogP contribution in [0.2, 0.25) is 0 Å². The first-order chi connectivity index (χ1) is 15.3. The van der Waals surface area contributed by atoms with E-state index >= 15 is 0 Å². The van der Waals surface area contributed by atoms with Crippen molar-refractivity contribution >= 4 is 14.4 Å². The Morgan fingerprint density at radius 3 is 2.58 bits per heavy atom. The SMILES string of the molecule is CCNP(NC(C)C(=O)OC(C)C)OCC1(C(F)F)CC(F)(F)C(n2ccc(=O)[nH]c2=O)O1. The second-order valence-corrected chi connectivity index (χ2v) is 9.13. The molecule has 3 N–H and O–H groups in total. The lowest BCUT2D eigenvalue weighted by atomic mass is 10.00. The Balaban J connectivity index is 2.20. The molecule has 1 saturated heterocycles. The first-order valence-electron chi connectivity index (χ1n) is 10.1. The maximum atomic E-state index is 14.7. The Labute approximate surface area is 187 Å². The third-order valence-corrected chi connectivity index (χ3v) is 6.11. The van der Waals surface area contributed by atoms with Gasteiger partial charge in [-0.25, -0.2) is 27.4 Å². The summed E-state index contributed by atoms with van der Waals surface area (Å²) >= 11 is 0. The van der Waals surface area contributed by atoms with E-state index in [1.165, 1.54) is 6.92 Å². The van der Waals surface area contributed by atoms with Crippen LogP contribution in [0.1, 0.15) is 40.3 Å². The molecule has 2 rings (SSSR count). The fourth-order valence-electron chi connectivity index (χ4n) is 2.99. The molecule has 0 aliphatic carbocycles. The van der Waals surface area contributed by atoms with Crippen LogP contribution in [0.15, 0.2) is 21.9 Å². The summed E-state index contributed by atoms with van der Waals surface area (Å²) in [6.07, 6.45) is -6.84. The molecule has 1 aliphatic heterocycles. The first kappa shape index (κ1) is 27.4. The van der Waals surface area contributed by atoms with Gasteiger partial charge in [-0.3, -0.25) is 24.2 Å². The van der Waals surface area contributed by atoms with Crippen molar-refractivity contribution in [1.29, 1.82) is 0 Å². The van der Waals surface area contributed by atoms with Crippen molar-refractivity contribution in [3.8, 4) is 0 Å². The third-order valence-electron chi connectivity index (χ3n) is 4.50. The molecule has 0 spiro atoms. The molecular formula is C18H27F4N4O6P. The van der Waals surface area contributed by atoms with Crippen LogP contribution in [0, 0.1) is 0 Å². The normalized spacial score (nSPS) is 24.2. The minimum Gasteiger partial charge on any atom is -0.462 e. The van der Waals surface area contributed by atoms with E-state index in [2.05, 4.69) is 10.2 Å². The number of carbonyl (C=O) groups excluding carboxylic acids is 1. The number of H-pyrrole nitrogens is 1. The number of hydrogen-bond donors (Lipinski definition) is 3. The molecule has 4 atom stereocenters. The molecule has 1 fully saturated rings. The van der Waals surface area contributed by atoms with Gasteiger partial charge in [0.05, 0.1) is 19.1 Å². The minimum atomic E-state index is -3.87. The average molecular weight is 502 g/mol. The molecule has 0 saturated carbocycles. The van der Waals surface area contributed by atoms with Crippen molar-refractivity contribution in [3.63, 3.8) is 0 Å². The average Bonchev–Trinajstić information content (AvgIpc) is 2.97. The summed E-state index contributed by atoms with van der Waals surface area (Å²) in [6.45, 7) is 5.83. The van der Waals surface area contributed by atoms with Crippen LogP contribution >= 0.6 is 8.45 Å². The Morgan fingerprint density at radius 1 is 1.36 bits per heavy atom. The molecule has 188 valence electrons. The fourth-order valence-corrected chi connectivity index (χ4v) is 4.34. The van der Waals surface area contributed by atoms with Crippen molar-refractivity contribution in [2.45, 2.75) is 70.4 Å². The summed E-state index contributed by atoms with van der Waals surface area (Å²) in [5.74, 6) is -4.48. The van der Waals surface area contributed by atoms with Gasteiger partial charge in [0.15, 0.2) is 14.1 Å². The van der Waals surface area contributed by atoms with Gasteiger partial charge in [-0.2, -0.15) is 0 Å². The van der Waals surface area contributed by atoms with E-state index in [-0.39, 0.29) is 6.10 Å². The molecular weight excluding hydrogens is 475 g/mol. The molecule has 15 heteroatoms. The van der Waals surface area contributed by atoms with Gasteiger partial charge < -0.3 is 14.0 Å². The Bertz CT molecular complexity index is 930. The van der Waals surface area contributed by atoms with Gasteiger partial charge in [-0.1, -0.05) is 6.92 Å². The second kappa shape index (κ2) is 11.0. The number of aromatic amines is 1. The van der Waals surface area contributed by atoms with Gasteiger partial charge in [0, 0.05) is 12.3 Å². The highest BCUT2D eigenvalue weighted by Crippen LogP contribution is 2.50. The van der Waals surface area contributed by atoms with Crippen LogP contribution in [0.4, 0.5) is 17.6 Å². The number of esters is 1. The van der Waals surface area contributed by atoms with Crippen LogP contribution in [-0.4, -0.2) is 58.8 Å². The number of aromatic nitrogens is 2. The summed E-state index contributed by atoms with van der Waals surface area (Å²) < 4.78 is 73.2. The van der Waals surface area contributed by atoms with E-state index in [1.54, 1.807) is 25.8 Å². The molecule has 0 amide bonds. The lowest BCUT2D eigenvalue weighted by molar-refractivity contribution is -0.180. The van der Waals surface area contributed by atoms with Crippen molar-refractivity contribution < 1.29 is 36.4 Å². The molecule has 0 bridgehead atoms. The summed E-state index contributed by atoms with van der Waals surface area (Å²) in [5.41, 5.74) is -4.82. The maximum Gasteiger partial charge on any atom is 0.330 e. The maximum absolute atomic E-state index is 14.7. The van der Waals surface area contributed by atoms with Crippen molar-refractivity contribution in [2.75, 3.05) is 13.2 Å². The highest BCUT2D eigenvalue weighted by Gasteiger charge is 2.63. The fraction of sp³-hybridized carbons (Fsp3) is 0.722. The van der Waals surface area contributed by atoms with E-state index in [0.717, 1.165) is 12.3 Å². The van der Waals surface area contributed by atoms with Gasteiger partial charge >= 0.3 is 11.7 Å². The number of rotatable bonds is 11. The van der Waals surface area contributed by atoms with Crippen LogP contribution in [0.5, 0.6) is 0 Å². The monoisotopic (exact) mass is 502 g/mol. The molecule has 1 aromatic heterocycles. The summed E-state index contributed by atoms with van der Waals surface area (Å²) in [7, 11) is -1.92. The smallest absolute Gasteiger partial charge is 0.330 e. The predicted octanol–water partition coefficient (Wildman–Crippen LogP) is 1.88. The molecule has 33 heavy (non-hydrogen) atoms. The summed E-state index contributed by atoms with van der Waals surface area (Å²) in [4.78, 5) is 36.9. The zero-order chi connectivity index (χ0) is 25.0. The van der Waals surface area contributed by atoms with E-state index in [0.29, 0.717) is 11.1 Å². The standard InChI is InChI=1S/C18H27F4N4O6P/c1-5-23-33(25-11(4)13(28)31-10(2)3)30-9-17(14(19)20)8-18(21,22)15(32-17)26-7-6-12(27)24-16(26)29/h6-7,10-11,14-15,23,25H,5,8-9H2,1-4H3,(H,24,27,29). The first-order valence-corrected chi connectivity index (χ1v) is 11.4. The van der Waals surface area contributed by atoms with Gasteiger partial charge in [-0.15, -0.1) is 0 Å². The van der Waals surface area contributed by atoms with Gasteiger partial charge in [0.25, 0.3) is 17.9 Å². The number of hydrogen-bond acceptors (Lipinski definition) is 8. The van der Waals surface area contributed by atoms with Crippen LogP contribution in [0.25, 0.3) is 0 Å². The zero-order valence-electron chi connectivity index (χ0n) is 18.4. The van der Waals surface area contributed by atoms with Crippen molar-refractivity contribution in [3.05, 3.63) is 33.1 Å². The summed E-state index contributed by atoms with van der Waals surface area (Å²) in [5, 5.41) is 5.58. The third kappa shape index (κ3) is 6.82. The molecule has 1 aromatic rings. The van der Waals surface area contributed by atoms with Gasteiger partial charge in [0.2, 0.25) is 6.23 Å². The van der Waals surface area contributed by atoms with Crippen LogP contribution in [0.3, 0.4) is 0 Å². The summed E-state index contributed by atoms with van der Waals surface area (Å²) in [6, 6.07) is -0.0791. The lowest BCUT2D eigenvalue weighted by Gasteiger charge is -2.30. The lowest BCUT2D eigenvalue weighted by Crippen LogP contribution is -2.44. The Hall–Kier alpha value is -1.86. The number of nitrogens with one attached hydrogen (secondary N) is 3. The van der Waals surface area contributed by atoms with Gasteiger partial charge in [0.1, 0.15) is 6.04 Å². The predicted molar refractivity (Wildman–Crippen MR) is 110 cm³/mol. The highest BCUT2D eigenvalue weighted by atomic mass is 31.2. The molecule has 0 aromatic carbocycles. The molecule has 10 nitrogen and oxygen atoms in total. The Kier molecular flexibility index (Phi) is 9.16. The zero-order valence-corrected chi connectivity index (χ0v) is 19.3. The largest absolute Gasteiger partial charge is 0.462 e. The second-order valence-electron chi connectivity index (χ2n) is 7.71. The number of ether oxygens (including phenoxy) is 2. The molecule has 4 unspecified atom stereocenters. The van der Waals surface area contributed by atoms with Crippen LogP contribution in [-0.2, 0) is 18.8 Å². The van der Waals surface area contributed by atoms with E-state index in [1.807, 2.05) is 0 Å². The van der Waals surface area contributed by atoms with E-state index in [4.69, 9.17) is 14.0 Å². The Morgan fingerprint density at radius 2 is 2.03 bits per heavy atom. The molecule has 0 radical (unpaired) electrons. The highest BCUT2D eigenvalue weighted by molar-refractivity contribution is 7.48. The number of carbonyl (C=O) groups is 1. The number of halogens is 4. The molecule has 2 heterocycles. The topological polar surface area (TPSA) is 124 Å². The van der Waals surface area contributed by atoms with Gasteiger partial charge in [-0.05, 0) is 27.3 Å². The minimum absolute atomic E-state index is 0.318. The van der Waals surface area contributed by atoms with Crippen LogP contribution < -0.4 is 21.4 Å². The quantitative estimate of drug-likeness (QED) is 0.238. The van der Waals surface area contributed by atoms with Crippen molar-refractivity contribution in [1.82, 2.24) is 19.7 Å². The van der Waals surface area contributed by atoms with Crippen molar-refractivity contribution in [2.24, 2.45) is 0 Å². The number of alkyl halides is 4. The number of nitrogens with zero attached hydrogens (tertiary/aromatic N) is 1.